The quantitative estimate of drug-likeness (QED) is 0.722. The highest BCUT2D eigenvalue weighted by atomic mass is 15.3. The first-order valence-electron chi connectivity index (χ1n) is 8.10. The first-order valence-corrected chi connectivity index (χ1v) is 8.10. The predicted octanol–water partition coefficient (Wildman–Crippen LogP) is 3.01. The molecule has 8 bridgehead atoms. The third kappa shape index (κ3) is 0.715. The fourth-order valence-electron chi connectivity index (χ4n) is 8.36. The average molecular weight is 231 g/mol. The molecule has 0 N–H and O–H groups in total. The Hall–Kier alpha value is -0.0400. The van der Waals surface area contributed by atoms with Crippen molar-refractivity contribution in [3.8, 4) is 0 Å². The molecule has 17 heavy (non-hydrogen) atoms. The van der Waals surface area contributed by atoms with Crippen molar-refractivity contribution in [3.05, 3.63) is 0 Å². The van der Waals surface area contributed by atoms with E-state index < -0.39 is 0 Å². The van der Waals surface area contributed by atoms with Gasteiger partial charge in [0.25, 0.3) is 0 Å². The summed E-state index contributed by atoms with van der Waals surface area (Å²) in [5.74, 6) is 8.14. The SMILES string of the molecule is CCN(CC)C12C3CCC4C3C3C(CCC31)C42. The number of hydrogen-bond donors (Lipinski definition) is 0. The van der Waals surface area contributed by atoms with E-state index in [1.807, 2.05) is 0 Å². The minimum absolute atomic E-state index is 0.727. The summed E-state index contributed by atoms with van der Waals surface area (Å²) < 4.78 is 0. The summed E-state index contributed by atoms with van der Waals surface area (Å²) in [7, 11) is 0. The molecule has 0 radical (unpaired) electrons. The molecule has 0 aromatic heterocycles. The zero-order valence-electron chi connectivity index (χ0n) is 11.2. The van der Waals surface area contributed by atoms with Crippen molar-refractivity contribution in [2.75, 3.05) is 13.1 Å². The summed E-state index contributed by atoms with van der Waals surface area (Å²) in [6.07, 6.45) is 6.37. The normalized spacial score (nSPS) is 64.8. The topological polar surface area (TPSA) is 3.24 Å². The van der Waals surface area contributed by atoms with Crippen molar-refractivity contribution in [3.63, 3.8) is 0 Å². The lowest BCUT2D eigenvalue weighted by molar-refractivity contribution is -0.0418. The van der Waals surface area contributed by atoms with Gasteiger partial charge >= 0.3 is 0 Å². The van der Waals surface area contributed by atoms with E-state index >= 15 is 0 Å². The molecule has 0 aliphatic heterocycles. The van der Waals surface area contributed by atoms with Crippen LogP contribution in [0.15, 0.2) is 0 Å². The Morgan fingerprint density at radius 1 is 0.882 bits per heavy atom. The molecular formula is C16H25N. The van der Waals surface area contributed by atoms with Gasteiger partial charge in [-0.15, -0.1) is 0 Å². The lowest BCUT2D eigenvalue weighted by atomic mass is 9.64. The van der Waals surface area contributed by atoms with Crippen LogP contribution >= 0.6 is 0 Å². The third-order valence-corrected chi connectivity index (χ3v) is 7.94. The molecule has 6 fully saturated rings. The van der Waals surface area contributed by atoms with E-state index in [0.29, 0.717) is 0 Å². The Balaban J connectivity index is 1.69. The van der Waals surface area contributed by atoms with Crippen LogP contribution in [0, 0.1) is 41.4 Å². The molecular weight excluding hydrogens is 206 g/mol. The Kier molecular flexibility index (Phi) is 1.60. The molecule has 0 spiro atoms. The first kappa shape index (κ1) is 9.83. The van der Waals surface area contributed by atoms with E-state index in [9.17, 15) is 0 Å². The van der Waals surface area contributed by atoms with Crippen LogP contribution in [0.4, 0.5) is 0 Å². The molecule has 6 aliphatic carbocycles. The Morgan fingerprint density at radius 3 is 1.88 bits per heavy atom. The van der Waals surface area contributed by atoms with Crippen molar-refractivity contribution in [1.82, 2.24) is 4.90 Å². The van der Waals surface area contributed by atoms with Gasteiger partial charge in [-0.25, -0.2) is 0 Å². The predicted molar refractivity (Wildman–Crippen MR) is 68.6 cm³/mol. The molecule has 1 nitrogen and oxygen atoms in total. The first-order chi connectivity index (χ1) is 8.35. The van der Waals surface area contributed by atoms with Crippen molar-refractivity contribution < 1.29 is 0 Å². The second-order valence-electron chi connectivity index (χ2n) is 7.44. The van der Waals surface area contributed by atoms with Gasteiger partial charge in [0.2, 0.25) is 0 Å². The third-order valence-electron chi connectivity index (χ3n) is 7.94. The van der Waals surface area contributed by atoms with Crippen LogP contribution in [0.2, 0.25) is 0 Å². The highest BCUT2D eigenvalue weighted by Gasteiger charge is 2.84. The maximum absolute atomic E-state index is 2.93. The van der Waals surface area contributed by atoms with E-state index in [2.05, 4.69) is 18.7 Å². The van der Waals surface area contributed by atoms with Gasteiger partial charge in [-0.05, 0) is 80.2 Å². The summed E-state index contributed by atoms with van der Waals surface area (Å²) in [6.45, 7) is 7.42. The molecule has 0 amide bonds. The molecule has 6 saturated carbocycles. The van der Waals surface area contributed by atoms with E-state index in [1.165, 1.54) is 36.8 Å². The summed E-state index contributed by atoms with van der Waals surface area (Å²) in [5, 5.41) is 0. The monoisotopic (exact) mass is 231 g/mol. The number of nitrogens with zero attached hydrogens (tertiary/aromatic N) is 1. The molecule has 6 aliphatic rings. The van der Waals surface area contributed by atoms with Crippen LogP contribution in [0.25, 0.3) is 0 Å². The minimum atomic E-state index is 0.727. The summed E-state index contributed by atoms with van der Waals surface area (Å²) in [6, 6.07) is 0. The van der Waals surface area contributed by atoms with Gasteiger partial charge in [0.15, 0.2) is 0 Å². The highest BCUT2D eigenvalue weighted by molar-refractivity contribution is 5.35. The van der Waals surface area contributed by atoms with Gasteiger partial charge in [0.05, 0.1) is 0 Å². The van der Waals surface area contributed by atoms with Crippen molar-refractivity contribution in [2.45, 2.75) is 45.1 Å². The van der Waals surface area contributed by atoms with Gasteiger partial charge in [0.1, 0.15) is 0 Å². The molecule has 1 heteroatoms. The minimum Gasteiger partial charge on any atom is -0.297 e. The zero-order chi connectivity index (χ0) is 11.4. The Morgan fingerprint density at radius 2 is 1.41 bits per heavy atom. The fourth-order valence-corrected chi connectivity index (χ4v) is 8.36. The molecule has 0 aromatic rings. The van der Waals surface area contributed by atoms with Crippen LogP contribution in [0.5, 0.6) is 0 Å². The fraction of sp³-hybridized carbons (Fsp3) is 1.00. The molecule has 0 saturated heterocycles. The van der Waals surface area contributed by atoms with Crippen LogP contribution < -0.4 is 0 Å². The van der Waals surface area contributed by atoms with E-state index in [1.54, 1.807) is 25.7 Å². The molecule has 6 rings (SSSR count). The van der Waals surface area contributed by atoms with Crippen molar-refractivity contribution in [2.24, 2.45) is 41.4 Å². The van der Waals surface area contributed by atoms with Gasteiger partial charge in [0, 0.05) is 5.54 Å². The molecule has 6 unspecified atom stereocenters. The number of rotatable bonds is 3. The summed E-state index contributed by atoms with van der Waals surface area (Å²) in [4.78, 5) is 2.93. The largest absolute Gasteiger partial charge is 0.297 e. The molecule has 0 aromatic carbocycles. The van der Waals surface area contributed by atoms with Crippen LogP contribution in [0.3, 0.4) is 0 Å². The molecule has 94 valence electrons. The zero-order valence-corrected chi connectivity index (χ0v) is 11.2. The lowest BCUT2D eigenvalue weighted by Crippen LogP contribution is -2.60. The van der Waals surface area contributed by atoms with Gasteiger partial charge in [-0.1, -0.05) is 13.8 Å². The maximum Gasteiger partial charge on any atom is 0.0304 e. The lowest BCUT2D eigenvalue weighted by Gasteiger charge is -2.53. The number of hydrogen-bond acceptors (Lipinski definition) is 1. The van der Waals surface area contributed by atoms with Gasteiger partial charge in [-0.3, -0.25) is 4.90 Å². The van der Waals surface area contributed by atoms with E-state index in [4.69, 9.17) is 0 Å². The van der Waals surface area contributed by atoms with E-state index in [-0.39, 0.29) is 0 Å². The summed E-state index contributed by atoms with van der Waals surface area (Å²) >= 11 is 0. The second-order valence-corrected chi connectivity index (χ2v) is 7.44. The Labute approximate surface area is 105 Å². The molecule has 6 atom stereocenters. The smallest absolute Gasteiger partial charge is 0.0304 e. The Bertz CT molecular complexity index is 346. The van der Waals surface area contributed by atoms with Gasteiger partial charge in [-0.2, -0.15) is 0 Å². The van der Waals surface area contributed by atoms with E-state index in [0.717, 1.165) is 23.3 Å². The van der Waals surface area contributed by atoms with Crippen molar-refractivity contribution in [1.29, 1.82) is 0 Å². The van der Waals surface area contributed by atoms with Gasteiger partial charge < -0.3 is 0 Å². The second kappa shape index (κ2) is 2.76. The maximum atomic E-state index is 2.93. The van der Waals surface area contributed by atoms with Crippen LogP contribution in [-0.2, 0) is 0 Å². The standard InChI is InChI=1S/C16H25N/c1-3-17(4-2)16-11-7-5-9-13(11)14-10(15(9)16)6-8-12(14)16/h9-15H,3-8H2,1-2H3. The highest BCUT2D eigenvalue weighted by Crippen LogP contribution is 2.85. The average Bonchev–Trinajstić information content (AvgIpc) is 3.10. The van der Waals surface area contributed by atoms with Crippen LogP contribution in [-0.4, -0.2) is 23.5 Å². The molecule has 0 heterocycles. The van der Waals surface area contributed by atoms with Crippen LogP contribution in [0.1, 0.15) is 39.5 Å². The summed E-state index contributed by atoms with van der Waals surface area (Å²) in [5.41, 5.74) is 0.727. The van der Waals surface area contributed by atoms with Crippen molar-refractivity contribution >= 4 is 0 Å².